The third kappa shape index (κ3) is 4.00. The van der Waals surface area contributed by atoms with Gasteiger partial charge in [0, 0.05) is 4.47 Å². The number of benzene rings is 1. The van der Waals surface area contributed by atoms with Gasteiger partial charge in [-0.25, -0.2) is 0 Å². The van der Waals surface area contributed by atoms with E-state index >= 15 is 0 Å². The average Bonchev–Trinajstić information content (AvgIpc) is 2.19. The van der Waals surface area contributed by atoms with E-state index in [0.29, 0.717) is 16.5 Å². The Morgan fingerprint density at radius 1 is 1.29 bits per heavy atom. The summed E-state index contributed by atoms with van der Waals surface area (Å²) >= 11 is 3.11. The van der Waals surface area contributed by atoms with Crippen LogP contribution in [0.5, 0.6) is 0 Å². The first kappa shape index (κ1) is 14.5. The molecule has 0 aliphatic heterocycles. The third-order valence-electron chi connectivity index (χ3n) is 2.58. The van der Waals surface area contributed by atoms with Crippen molar-refractivity contribution in [2.45, 2.75) is 32.5 Å². The molecule has 0 radical (unpaired) electrons. The van der Waals surface area contributed by atoms with Crippen molar-refractivity contribution in [3.63, 3.8) is 0 Å². The van der Waals surface area contributed by atoms with Gasteiger partial charge in [0.15, 0.2) is 0 Å². The quantitative estimate of drug-likeness (QED) is 0.893. The molecule has 0 aliphatic rings. The fraction of sp³-hybridized carbons (Fsp3) is 0.500. The van der Waals surface area contributed by atoms with Crippen molar-refractivity contribution >= 4 is 15.9 Å². The van der Waals surface area contributed by atoms with Crippen LogP contribution in [0.1, 0.15) is 25.0 Å². The summed E-state index contributed by atoms with van der Waals surface area (Å²) in [5.74, 6) is 0.0733. The van der Waals surface area contributed by atoms with Gasteiger partial charge < -0.3 is 5.11 Å². The predicted molar refractivity (Wildman–Crippen MR) is 63.7 cm³/mol. The normalized spacial score (nSPS) is 14.1. The van der Waals surface area contributed by atoms with Crippen LogP contribution in [0, 0.1) is 5.92 Å². The Hall–Kier alpha value is -0.550. The molecule has 1 nitrogen and oxygen atoms in total. The molecule has 0 bridgehead atoms. The van der Waals surface area contributed by atoms with Crippen molar-refractivity contribution in [3.8, 4) is 0 Å². The Labute approximate surface area is 107 Å². The van der Waals surface area contributed by atoms with Gasteiger partial charge in [-0.1, -0.05) is 35.8 Å². The van der Waals surface area contributed by atoms with E-state index in [1.165, 1.54) is 6.07 Å². The highest BCUT2D eigenvalue weighted by Crippen LogP contribution is 2.32. The zero-order chi connectivity index (χ0) is 13.2. The summed E-state index contributed by atoms with van der Waals surface area (Å²) in [4.78, 5) is 0. The van der Waals surface area contributed by atoms with E-state index in [4.69, 9.17) is 0 Å². The second kappa shape index (κ2) is 5.40. The molecule has 0 aliphatic carbocycles. The van der Waals surface area contributed by atoms with Gasteiger partial charge in [0.25, 0.3) is 0 Å². The van der Waals surface area contributed by atoms with E-state index < -0.39 is 17.8 Å². The molecule has 0 amide bonds. The van der Waals surface area contributed by atoms with Crippen LogP contribution >= 0.6 is 15.9 Å². The molecule has 1 rings (SSSR count). The van der Waals surface area contributed by atoms with Crippen molar-refractivity contribution < 1.29 is 18.3 Å². The summed E-state index contributed by atoms with van der Waals surface area (Å²) in [6.07, 6.45) is -4.54. The van der Waals surface area contributed by atoms with E-state index in [2.05, 4.69) is 15.9 Å². The lowest BCUT2D eigenvalue weighted by Gasteiger charge is -2.16. The molecule has 1 N–H and O–H groups in total. The summed E-state index contributed by atoms with van der Waals surface area (Å²) in [5, 5.41) is 9.69. The van der Waals surface area contributed by atoms with Gasteiger partial charge in [0.2, 0.25) is 0 Å². The fourth-order valence-electron chi connectivity index (χ4n) is 1.35. The molecule has 0 saturated carbocycles. The van der Waals surface area contributed by atoms with Crippen LogP contribution in [-0.2, 0) is 12.6 Å². The van der Waals surface area contributed by atoms with Gasteiger partial charge >= 0.3 is 6.18 Å². The molecule has 0 aromatic heterocycles. The largest absolute Gasteiger partial charge is 0.416 e. The van der Waals surface area contributed by atoms with Gasteiger partial charge in [-0.3, -0.25) is 0 Å². The fourth-order valence-corrected chi connectivity index (χ4v) is 1.89. The number of hydrogen-bond donors (Lipinski definition) is 1. The number of aliphatic hydroxyl groups excluding tert-OH is 1. The van der Waals surface area contributed by atoms with E-state index in [0.717, 1.165) is 12.1 Å². The smallest absolute Gasteiger partial charge is 0.393 e. The molecule has 0 spiro atoms. The van der Waals surface area contributed by atoms with Gasteiger partial charge in [0.05, 0.1) is 11.7 Å². The monoisotopic (exact) mass is 310 g/mol. The first-order valence-electron chi connectivity index (χ1n) is 5.25. The lowest BCUT2D eigenvalue weighted by Crippen LogP contribution is -2.18. The highest BCUT2D eigenvalue weighted by Gasteiger charge is 2.30. The molecular formula is C12H14BrF3O. The Bertz CT molecular complexity index is 388. The van der Waals surface area contributed by atoms with Gasteiger partial charge in [-0.05, 0) is 30.0 Å². The van der Waals surface area contributed by atoms with Crippen LogP contribution in [0.3, 0.4) is 0 Å². The Kier molecular flexibility index (Phi) is 4.61. The molecule has 1 aromatic rings. The van der Waals surface area contributed by atoms with E-state index in [-0.39, 0.29) is 5.92 Å². The summed E-state index contributed by atoms with van der Waals surface area (Å²) < 4.78 is 37.6. The molecule has 0 fully saturated rings. The maximum Gasteiger partial charge on any atom is 0.416 e. The van der Waals surface area contributed by atoms with Crippen LogP contribution in [0.15, 0.2) is 22.7 Å². The lowest BCUT2D eigenvalue weighted by atomic mass is 9.98. The molecule has 0 saturated heterocycles. The van der Waals surface area contributed by atoms with Crippen LogP contribution in [0.25, 0.3) is 0 Å². The number of aliphatic hydroxyl groups is 1. The molecule has 1 unspecified atom stereocenters. The van der Waals surface area contributed by atoms with Gasteiger partial charge in [0.1, 0.15) is 0 Å². The highest BCUT2D eigenvalue weighted by atomic mass is 79.9. The summed E-state index contributed by atoms with van der Waals surface area (Å²) in [6, 6.07) is 3.48. The molecule has 96 valence electrons. The molecule has 1 aromatic carbocycles. The number of alkyl halides is 3. The molecular weight excluding hydrogens is 297 g/mol. The van der Waals surface area contributed by atoms with Crippen LogP contribution in [0.2, 0.25) is 0 Å². The second-order valence-corrected chi connectivity index (χ2v) is 5.17. The van der Waals surface area contributed by atoms with E-state index in [1.807, 2.05) is 13.8 Å². The molecule has 17 heavy (non-hydrogen) atoms. The van der Waals surface area contributed by atoms with Crippen LogP contribution in [-0.4, -0.2) is 11.2 Å². The third-order valence-corrected chi connectivity index (χ3v) is 3.32. The average molecular weight is 311 g/mol. The van der Waals surface area contributed by atoms with Crippen LogP contribution in [0.4, 0.5) is 13.2 Å². The van der Waals surface area contributed by atoms with Crippen molar-refractivity contribution in [1.82, 2.24) is 0 Å². The standard InChI is InChI=1S/C12H14BrF3O/c1-7(2)11(17)5-8-3-4-9(6-10(8)13)12(14,15)16/h3-4,6-7,11,17H,5H2,1-2H3. The Morgan fingerprint density at radius 2 is 1.88 bits per heavy atom. The maximum absolute atomic E-state index is 12.4. The zero-order valence-corrected chi connectivity index (χ0v) is 11.1. The van der Waals surface area contributed by atoms with Crippen molar-refractivity contribution in [2.24, 2.45) is 5.92 Å². The predicted octanol–water partition coefficient (Wildman–Crippen LogP) is 4.03. The Morgan fingerprint density at radius 3 is 2.29 bits per heavy atom. The maximum atomic E-state index is 12.4. The minimum atomic E-state index is -4.34. The Balaban J connectivity index is 2.91. The van der Waals surface area contributed by atoms with E-state index in [1.54, 1.807) is 0 Å². The number of halogens is 4. The summed E-state index contributed by atoms with van der Waals surface area (Å²) in [7, 11) is 0. The first-order chi connectivity index (χ1) is 7.71. The van der Waals surface area contributed by atoms with Crippen molar-refractivity contribution in [1.29, 1.82) is 0 Å². The summed E-state index contributed by atoms with van der Waals surface area (Å²) in [6.45, 7) is 3.73. The van der Waals surface area contributed by atoms with Crippen LogP contribution < -0.4 is 0 Å². The molecule has 0 heterocycles. The number of rotatable bonds is 3. The second-order valence-electron chi connectivity index (χ2n) is 4.32. The summed E-state index contributed by atoms with van der Waals surface area (Å²) in [5.41, 5.74) is -0.00800. The SMILES string of the molecule is CC(C)C(O)Cc1ccc(C(F)(F)F)cc1Br. The lowest BCUT2D eigenvalue weighted by molar-refractivity contribution is -0.137. The zero-order valence-electron chi connectivity index (χ0n) is 9.55. The van der Waals surface area contributed by atoms with E-state index in [9.17, 15) is 18.3 Å². The van der Waals surface area contributed by atoms with Gasteiger partial charge in [-0.15, -0.1) is 0 Å². The molecule has 1 atom stereocenters. The van der Waals surface area contributed by atoms with Gasteiger partial charge in [-0.2, -0.15) is 13.2 Å². The molecule has 5 heteroatoms. The topological polar surface area (TPSA) is 20.2 Å². The number of hydrogen-bond acceptors (Lipinski definition) is 1. The minimum absolute atomic E-state index is 0.0733. The first-order valence-corrected chi connectivity index (χ1v) is 6.04. The minimum Gasteiger partial charge on any atom is -0.393 e. The van der Waals surface area contributed by atoms with Crippen molar-refractivity contribution in [3.05, 3.63) is 33.8 Å². The van der Waals surface area contributed by atoms with Crippen molar-refractivity contribution in [2.75, 3.05) is 0 Å². The highest BCUT2D eigenvalue weighted by molar-refractivity contribution is 9.10.